The van der Waals surface area contributed by atoms with E-state index in [-0.39, 0.29) is 17.9 Å². The summed E-state index contributed by atoms with van der Waals surface area (Å²) in [6.45, 7) is 5.93. The van der Waals surface area contributed by atoms with Gasteiger partial charge in [0.25, 0.3) is 5.89 Å². The Labute approximate surface area is 179 Å². The molecule has 1 fully saturated rings. The largest absolute Gasteiger partial charge is 0.481 e. The minimum Gasteiger partial charge on any atom is -0.481 e. The smallest absolute Gasteiger partial charge is 0.307 e. The first-order valence-electron chi connectivity index (χ1n) is 9.87. The van der Waals surface area contributed by atoms with E-state index in [1.807, 2.05) is 39.0 Å². The number of pyridine rings is 1. The zero-order valence-electron chi connectivity index (χ0n) is 16.9. The van der Waals surface area contributed by atoms with Gasteiger partial charge in [0.05, 0.1) is 17.6 Å². The van der Waals surface area contributed by atoms with Crippen LogP contribution in [0.25, 0.3) is 22.8 Å². The molecule has 0 spiro atoms. The maximum Gasteiger partial charge on any atom is 0.307 e. The molecule has 8 heteroatoms. The summed E-state index contributed by atoms with van der Waals surface area (Å²) in [5.41, 5.74) is 3.42. The minimum absolute atomic E-state index is 0.0169. The van der Waals surface area contributed by atoms with Gasteiger partial charge in [0.1, 0.15) is 5.02 Å². The Kier molecular flexibility index (Phi) is 5.47. The Bertz CT molecular complexity index is 1100. The molecule has 3 unspecified atom stereocenters. The molecule has 0 bridgehead atoms. The van der Waals surface area contributed by atoms with Crippen LogP contribution >= 0.6 is 11.6 Å². The van der Waals surface area contributed by atoms with E-state index >= 15 is 0 Å². The van der Waals surface area contributed by atoms with E-state index in [1.165, 1.54) is 0 Å². The molecule has 1 aliphatic rings. The van der Waals surface area contributed by atoms with Crippen molar-refractivity contribution >= 4 is 17.6 Å². The standard InChI is InChI=1S/C22H22ClN3O4/c1-4-12(3)29-21-18(23)8-14(10-24-21)20-25-19(26-30-20)15-6-5-13(7-11(15)2)16-9-17(16)22(27)28/h5-8,10,12,16-17H,4,9H2,1-3H3,(H,27,28). The normalized spacial score (nSPS) is 18.8. The van der Waals surface area contributed by atoms with Gasteiger partial charge in [-0.3, -0.25) is 4.79 Å². The fourth-order valence-electron chi connectivity index (χ4n) is 3.36. The molecular weight excluding hydrogens is 406 g/mol. The van der Waals surface area contributed by atoms with Gasteiger partial charge in [0, 0.05) is 11.8 Å². The topological polar surface area (TPSA) is 98.3 Å². The van der Waals surface area contributed by atoms with Gasteiger partial charge in [-0.15, -0.1) is 0 Å². The Morgan fingerprint density at radius 3 is 2.83 bits per heavy atom. The van der Waals surface area contributed by atoms with Gasteiger partial charge in [0.2, 0.25) is 11.7 Å². The van der Waals surface area contributed by atoms with Gasteiger partial charge in [-0.05, 0) is 49.8 Å². The molecule has 1 N–H and O–H groups in total. The maximum absolute atomic E-state index is 11.1. The highest BCUT2D eigenvalue weighted by Crippen LogP contribution is 2.48. The van der Waals surface area contributed by atoms with Crippen LogP contribution in [0.1, 0.15) is 43.7 Å². The van der Waals surface area contributed by atoms with E-state index in [4.69, 9.17) is 26.0 Å². The highest BCUT2D eigenvalue weighted by molar-refractivity contribution is 6.32. The first-order valence-corrected chi connectivity index (χ1v) is 10.2. The summed E-state index contributed by atoms with van der Waals surface area (Å²) in [6, 6.07) is 7.54. The van der Waals surface area contributed by atoms with E-state index in [9.17, 15) is 4.79 Å². The summed E-state index contributed by atoms with van der Waals surface area (Å²) in [4.78, 5) is 19.9. The molecule has 2 aromatic heterocycles. The lowest BCUT2D eigenvalue weighted by molar-refractivity contribution is -0.138. The van der Waals surface area contributed by atoms with Crippen molar-refractivity contribution in [1.82, 2.24) is 15.1 Å². The van der Waals surface area contributed by atoms with Crippen molar-refractivity contribution in [3.8, 4) is 28.7 Å². The summed E-state index contributed by atoms with van der Waals surface area (Å²) in [6.07, 6.45) is 3.15. The number of aryl methyl sites for hydroxylation is 1. The van der Waals surface area contributed by atoms with Crippen molar-refractivity contribution in [3.63, 3.8) is 0 Å². The van der Waals surface area contributed by atoms with Gasteiger partial charge in [0.15, 0.2) is 0 Å². The van der Waals surface area contributed by atoms with Crippen molar-refractivity contribution in [1.29, 1.82) is 0 Å². The van der Waals surface area contributed by atoms with Crippen LogP contribution in [-0.4, -0.2) is 32.3 Å². The second-order valence-electron chi connectivity index (χ2n) is 7.63. The van der Waals surface area contributed by atoms with E-state index < -0.39 is 5.97 Å². The molecule has 1 saturated carbocycles. The zero-order valence-corrected chi connectivity index (χ0v) is 17.7. The average molecular weight is 428 g/mol. The molecule has 2 heterocycles. The fraction of sp³-hybridized carbons (Fsp3) is 0.364. The lowest BCUT2D eigenvalue weighted by atomic mass is 10.0. The lowest BCUT2D eigenvalue weighted by Gasteiger charge is -2.12. The number of halogens is 1. The van der Waals surface area contributed by atoms with Crippen molar-refractivity contribution in [2.75, 3.05) is 0 Å². The van der Waals surface area contributed by atoms with E-state index in [2.05, 4.69) is 15.1 Å². The molecule has 1 aliphatic carbocycles. The number of hydrogen-bond donors (Lipinski definition) is 1. The van der Waals surface area contributed by atoms with Crippen molar-refractivity contribution in [2.24, 2.45) is 5.92 Å². The molecule has 4 rings (SSSR count). The maximum atomic E-state index is 11.1. The molecule has 7 nitrogen and oxygen atoms in total. The lowest BCUT2D eigenvalue weighted by Crippen LogP contribution is -2.11. The number of nitrogens with zero attached hydrogens (tertiary/aromatic N) is 3. The van der Waals surface area contributed by atoms with Gasteiger partial charge in [-0.2, -0.15) is 4.98 Å². The number of carboxylic acid groups (broad SMARTS) is 1. The minimum atomic E-state index is -0.739. The summed E-state index contributed by atoms with van der Waals surface area (Å²) < 4.78 is 11.1. The van der Waals surface area contributed by atoms with Gasteiger partial charge in [-0.25, -0.2) is 4.98 Å². The SMILES string of the molecule is CCC(C)Oc1ncc(-c2nc(-c3ccc(C4CC4C(=O)O)cc3C)no2)cc1Cl. The number of hydrogen-bond acceptors (Lipinski definition) is 6. The predicted octanol–water partition coefficient (Wildman–Crippen LogP) is 5.13. The molecule has 0 saturated heterocycles. The van der Waals surface area contributed by atoms with Crippen LogP contribution in [0, 0.1) is 12.8 Å². The number of carbonyl (C=O) groups is 1. The first-order chi connectivity index (χ1) is 14.4. The van der Waals surface area contributed by atoms with Crippen LogP contribution < -0.4 is 4.74 Å². The van der Waals surface area contributed by atoms with E-state index in [0.717, 1.165) is 23.1 Å². The molecule has 3 aromatic rings. The third-order valence-corrected chi connectivity index (χ3v) is 5.67. The predicted molar refractivity (Wildman–Crippen MR) is 112 cm³/mol. The van der Waals surface area contributed by atoms with Crippen LogP contribution in [0.3, 0.4) is 0 Å². The Morgan fingerprint density at radius 1 is 1.40 bits per heavy atom. The van der Waals surface area contributed by atoms with Gasteiger partial charge in [-0.1, -0.05) is 41.9 Å². The third-order valence-electron chi connectivity index (χ3n) is 5.40. The zero-order chi connectivity index (χ0) is 21.4. The second-order valence-corrected chi connectivity index (χ2v) is 8.04. The molecule has 3 atom stereocenters. The van der Waals surface area contributed by atoms with Crippen LogP contribution in [0.4, 0.5) is 0 Å². The van der Waals surface area contributed by atoms with Gasteiger partial charge >= 0.3 is 5.97 Å². The molecule has 0 aliphatic heterocycles. The van der Waals surface area contributed by atoms with Crippen LogP contribution in [-0.2, 0) is 4.79 Å². The quantitative estimate of drug-likeness (QED) is 0.558. The number of benzene rings is 1. The Balaban J connectivity index is 1.54. The average Bonchev–Trinajstić information content (AvgIpc) is 3.39. The first kappa shape index (κ1) is 20.3. The summed E-state index contributed by atoms with van der Waals surface area (Å²) >= 11 is 6.30. The van der Waals surface area contributed by atoms with E-state index in [1.54, 1.807) is 12.3 Å². The second kappa shape index (κ2) is 8.07. The van der Waals surface area contributed by atoms with Gasteiger partial charge < -0.3 is 14.4 Å². The van der Waals surface area contributed by atoms with E-state index in [0.29, 0.717) is 34.6 Å². The Morgan fingerprint density at radius 2 is 2.20 bits per heavy atom. The number of aliphatic carboxylic acids is 1. The van der Waals surface area contributed by atoms with Crippen LogP contribution in [0.15, 0.2) is 35.0 Å². The highest BCUT2D eigenvalue weighted by atomic mass is 35.5. The third kappa shape index (κ3) is 4.03. The molecule has 1 aromatic carbocycles. The molecule has 0 amide bonds. The fourth-order valence-corrected chi connectivity index (χ4v) is 3.57. The van der Waals surface area contributed by atoms with Crippen molar-refractivity contribution < 1.29 is 19.2 Å². The van der Waals surface area contributed by atoms with Crippen LogP contribution in [0.5, 0.6) is 5.88 Å². The van der Waals surface area contributed by atoms with Crippen molar-refractivity contribution in [3.05, 3.63) is 46.6 Å². The summed E-state index contributed by atoms with van der Waals surface area (Å²) in [5.74, 6) is 0.205. The molecule has 156 valence electrons. The highest BCUT2D eigenvalue weighted by Gasteiger charge is 2.44. The van der Waals surface area contributed by atoms with Crippen LogP contribution in [0.2, 0.25) is 5.02 Å². The number of carboxylic acids is 1. The number of rotatable bonds is 7. The molecule has 0 radical (unpaired) electrons. The van der Waals surface area contributed by atoms with Crippen molar-refractivity contribution in [2.45, 2.75) is 45.6 Å². The summed E-state index contributed by atoms with van der Waals surface area (Å²) in [7, 11) is 0. The Hall–Kier alpha value is -2.93. The number of aromatic nitrogens is 3. The summed E-state index contributed by atoms with van der Waals surface area (Å²) in [5, 5.41) is 13.6. The molecular formula is C22H22ClN3O4. The molecule has 30 heavy (non-hydrogen) atoms. The monoisotopic (exact) mass is 427 g/mol. The number of ether oxygens (including phenoxy) is 1.